The summed E-state index contributed by atoms with van der Waals surface area (Å²) in [5, 5.41) is 9.00. The standard InChI is InChI=1S/C14H21NO/c1-11-7-8-15(9-12(11)2)14-5-3-13(10-16)4-6-14/h3-6,11-12,16H,7-10H2,1-2H3. The third-order valence-corrected chi connectivity index (χ3v) is 3.82. The van der Waals surface area contributed by atoms with Crippen molar-refractivity contribution in [3.63, 3.8) is 0 Å². The summed E-state index contributed by atoms with van der Waals surface area (Å²) in [5.74, 6) is 1.61. The van der Waals surface area contributed by atoms with Crippen LogP contribution in [0.15, 0.2) is 24.3 Å². The average molecular weight is 219 g/mol. The Morgan fingerprint density at radius 1 is 1.19 bits per heavy atom. The molecule has 1 heterocycles. The molecule has 1 aliphatic rings. The Labute approximate surface area is 97.9 Å². The minimum Gasteiger partial charge on any atom is -0.392 e. The van der Waals surface area contributed by atoms with Gasteiger partial charge in [0.2, 0.25) is 0 Å². The highest BCUT2D eigenvalue weighted by Gasteiger charge is 2.22. The van der Waals surface area contributed by atoms with E-state index >= 15 is 0 Å². The molecular weight excluding hydrogens is 198 g/mol. The molecule has 16 heavy (non-hydrogen) atoms. The lowest BCUT2D eigenvalue weighted by Crippen LogP contribution is -2.38. The maximum Gasteiger partial charge on any atom is 0.0681 e. The van der Waals surface area contributed by atoms with Gasteiger partial charge in [0.25, 0.3) is 0 Å². The van der Waals surface area contributed by atoms with Gasteiger partial charge < -0.3 is 10.0 Å². The number of rotatable bonds is 2. The van der Waals surface area contributed by atoms with E-state index in [4.69, 9.17) is 5.11 Å². The Morgan fingerprint density at radius 2 is 1.88 bits per heavy atom. The van der Waals surface area contributed by atoms with Crippen molar-refractivity contribution in [1.29, 1.82) is 0 Å². The van der Waals surface area contributed by atoms with Crippen LogP contribution in [-0.4, -0.2) is 18.2 Å². The second-order valence-corrected chi connectivity index (χ2v) is 5.01. The van der Waals surface area contributed by atoms with E-state index in [2.05, 4.69) is 30.9 Å². The lowest BCUT2D eigenvalue weighted by molar-refractivity contribution is 0.282. The molecule has 1 N–H and O–H groups in total. The van der Waals surface area contributed by atoms with Crippen molar-refractivity contribution in [3.05, 3.63) is 29.8 Å². The smallest absolute Gasteiger partial charge is 0.0681 e. The fourth-order valence-electron chi connectivity index (χ4n) is 2.31. The van der Waals surface area contributed by atoms with Gasteiger partial charge in [0.05, 0.1) is 6.61 Å². The summed E-state index contributed by atoms with van der Waals surface area (Å²) in [5.41, 5.74) is 2.28. The highest BCUT2D eigenvalue weighted by Crippen LogP contribution is 2.26. The van der Waals surface area contributed by atoms with E-state index in [1.165, 1.54) is 12.1 Å². The normalized spacial score (nSPS) is 25.8. The van der Waals surface area contributed by atoms with Crippen LogP contribution in [0.25, 0.3) is 0 Å². The van der Waals surface area contributed by atoms with Crippen LogP contribution in [0.1, 0.15) is 25.8 Å². The zero-order valence-corrected chi connectivity index (χ0v) is 10.2. The first-order valence-corrected chi connectivity index (χ1v) is 6.15. The van der Waals surface area contributed by atoms with Crippen LogP contribution in [0.3, 0.4) is 0 Å². The molecule has 1 fully saturated rings. The molecule has 2 heteroatoms. The maximum atomic E-state index is 9.00. The van der Waals surface area contributed by atoms with E-state index in [-0.39, 0.29) is 6.61 Å². The van der Waals surface area contributed by atoms with Gasteiger partial charge >= 0.3 is 0 Å². The van der Waals surface area contributed by atoms with Crippen molar-refractivity contribution < 1.29 is 5.11 Å². The zero-order chi connectivity index (χ0) is 11.5. The summed E-state index contributed by atoms with van der Waals surface area (Å²) >= 11 is 0. The molecule has 0 aromatic heterocycles. The van der Waals surface area contributed by atoms with Gasteiger partial charge in [-0.05, 0) is 36.0 Å². The van der Waals surface area contributed by atoms with Crippen molar-refractivity contribution in [1.82, 2.24) is 0 Å². The average Bonchev–Trinajstić information content (AvgIpc) is 2.33. The van der Waals surface area contributed by atoms with E-state index in [1.807, 2.05) is 12.1 Å². The van der Waals surface area contributed by atoms with E-state index in [0.29, 0.717) is 0 Å². The van der Waals surface area contributed by atoms with Crippen molar-refractivity contribution in [3.8, 4) is 0 Å². The van der Waals surface area contributed by atoms with Crippen LogP contribution in [-0.2, 0) is 6.61 Å². The number of benzene rings is 1. The third kappa shape index (κ3) is 2.38. The predicted octanol–water partition coefficient (Wildman–Crippen LogP) is 2.66. The summed E-state index contributed by atoms with van der Waals surface area (Å²) in [6.07, 6.45) is 1.28. The number of aliphatic hydroxyl groups excluding tert-OH is 1. The molecule has 0 spiro atoms. The third-order valence-electron chi connectivity index (χ3n) is 3.82. The Morgan fingerprint density at radius 3 is 2.44 bits per heavy atom. The number of aliphatic hydroxyl groups is 1. The van der Waals surface area contributed by atoms with Gasteiger partial charge in [0.15, 0.2) is 0 Å². The molecule has 1 aromatic carbocycles. The molecule has 1 aliphatic heterocycles. The van der Waals surface area contributed by atoms with Crippen LogP contribution < -0.4 is 4.90 Å². The molecule has 0 radical (unpaired) electrons. The first-order valence-electron chi connectivity index (χ1n) is 6.15. The summed E-state index contributed by atoms with van der Waals surface area (Å²) in [4.78, 5) is 2.45. The van der Waals surface area contributed by atoms with Crippen molar-refractivity contribution in [2.24, 2.45) is 11.8 Å². The van der Waals surface area contributed by atoms with Gasteiger partial charge in [-0.1, -0.05) is 26.0 Å². The lowest BCUT2D eigenvalue weighted by atomic mass is 9.88. The Hall–Kier alpha value is -1.02. The number of nitrogens with zero attached hydrogens (tertiary/aromatic N) is 1. The largest absolute Gasteiger partial charge is 0.392 e. The van der Waals surface area contributed by atoms with E-state index < -0.39 is 0 Å². The highest BCUT2D eigenvalue weighted by molar-refractivity contribution is 5.48. The Kier molecular flexibility index (Phi) is 3.49. The predicted molar refractivity (Wildman–Crippen MR) is 67.5 cm³/mol. The topological polar surface area (TPSA) is 23.5 Å². The minimum atomic E-state index is 0.133. The molecule has 0 amide bonds. The van der Waals surface area contributed by atoms with E-state index in [0.717, 1.165) is 30.5 Å². The van der Waals surface area contributed by atoms with Crippen LogP contribution in [0.4, 0.5) is 5.69 Å². The molecule has 2 rings (SSSR count). The molecule has 0 aliphatic carbocycles. The molecule has 2 unspecified atom stereocenters. The van der Waals surface area contributed by atoms with Gasteiger partial charge in [-0.15, -0.1) is 0 Å². The monoisotopic (exact) mass is 219 g/mol. The van der Waals surface area contributed by atoms with E-state index in [9.17, 15) is 0 Å². The highest BCUT2D eigenvalue weighted by atomic mass is 16.3. The number of piperidine rings is 1. The summed E-state index contributed by atoms with van der Waals surface area (Å²) in [6, 6.07) is 8.26. The van der Waals surface area contributed by atoms with Crippen LogP contribution in [0, 0.1) is 11.8 Å². The van der Waals surface area contributed by atoms with Crippen LogP contribution in [0.5, 0.6) is 0 Å². The molecule has 88 valence electrons. The summed E-state index contributed by atoms with van der Waals surface area (Å²) in [6.45, 7) is 7.12. The summed E-state index contributed by atoms with van der Waals surface area (Å²) < 4.78 is 0. The van der Waals surface area contributed by atoms with Crippen molar-refractivity contribution >= 4 is 5.69 Å². The van der Waals surface area contributed by atoms with Crippen LogP contribution in [0.2, 0.25) is 0 Å². The van der Waals surface area contributed by atoms with Gasteiger partial charge in [-0.3, -0.25) is 0 Å². The quantitative estimate of drug-likeness (QED) is 0.826. The molecule has 0 saturated carbocycles. The van der Waals surface area contributed by atoms with Crippen LogP contribution >= 0.6 is 0 Å². The summed E-state index contributed by atoms with van der Waals surface area (Å²) in [7, 11) is 0. The molecule has 1 saturated heterocycles. The maximum absolute atomic E-state index is 9.00. The van der Waals surface area contributed by atoms with Gasteiger partial charge in [0, 0.05) is 18.8 Å². The van der Waals surface area contributed by atoms with Gasteiger partial charge in [-0.25, -0.2) is 0 Å². The van der Waals surface area contributed by atoms with Crippen molar-refractivity contribution in [2.75, 3.05) is 18.0 Å². The molecule has 2 nitrogen and oxygen atoms in total. The second-order valence-electron chi connectivity index (χ2n) is 5.01. The molecule has 2 atom stereocenters. The SMILES string of the molecule is CC1CCN(c2ccc(CO)cc2)CC1C. The van der Waals surface area contributed by atoms with E-state index in [1.54, 1.807) is 0 Å². The first-order chi connectivity index (χ1) is 7.70. The fraction of sp³-hybridized carbons (Fsp3) is 0.571. The Balaban J connectivity index is 2.06. The zero-order valence-electron chi connectivity index (χ0n) is 10.2. The second kappa shape index (κ2) is 4.88. The molecule has 1 aromatic rings. The lowest BCUT2D eigenvalue weighted by Gasteiger charge is -2.36. The van der Waals surface area contributed by atoms with Gasteiger partial charge in [0.1, 0.15) is 0 Å². The number of hydrogen-bond acceptors (Lipinski definition) is 2. The number of anilines is 1. The molecular formula is C14H21NO. The fourth-order valence-corrected chi connectivity index (χ4v) is 2.31. The minimum absolute atomic E-state index is 0.133. The van der Waals surface area contributed by atoms with Crippen molar-refractivity contribution in [2.45, 2.75) is 26.9 Å². The Bertz CT molecular complexity index is 333. The molecule has 0 bridgehead atoms. The first kappa shape index (κ1) is 11.5. The number of hydrogen-bond donors (Lipinski definition) is 1. The van der Waals surface area contributed by atoms with Gasteiger partial charge in [-0.2, -0.15) is 0 Å².